The van der Waals surface area contributed by atoms with Crippen LogP contribution in [0.4, 0.5) is 11.4 Å². The van der Waals surface area contributed by atoms with Gasteiger partial charge in [0.1, 0.15) is 11.5 Å². The molecule has 7 nitrogen and oxygen atoms in total. The van der Waals surface area contributed by atoms with Gasteiger partial charge in [-0.05, 0) is 31.5 Å². The summed E-state index contributed by atoms with van der Waals surface area (Å²) in [6.07, 6.45) is 4.60. The normalized spacial score (nSPS) is 15.9. The number of nitrogens with one attached hydrogen (secondary N) is 3. The summed E-state index contributed by atoms with van der Waals surface area (Å²) >= 11 is 5.36. The summed E-state index contributed by atoms with van der Waals surface area (Å²) < 4.78 is 16.4. The van der Waals surface area contributed by atoms with E-state index in [-0.39, 0.29) is 12.0 Å². The number of ether oxygens (including phenoxy) is 3. The Kier molecular flexibility index (Phi) is 8.60. The maximum absolute atomic E-state index is 12.0. The van der Waals surface area contributed by atoms with E-state index in [1.54, 1.807) is 26.4 Å². The van der Waals surface area contributed by atoms with Crippen LogP contribution in [0.1, 0.15) is 39.0 Å². The molecule has 0 aliphatic carbocycles. The highest BCUT2D eigenvalue weighted by molar-refractivity contribution is 7.80. The minimum absolute atomic E-state index is 0.0494. The van der Waals surface area contributed by atoms with Gasteiger partial charge in [-0.25, -0.2) is 0 Å². The molecule has 1 amide bonds. The van der Waals surface area contributed by atoms with Gasteiger partial charge in [-0.2, -0.15) is 0 Å². The van der Waals surface area contributed by atoms with Crippen molar-refractivity contribution in [2.45, 2.75) is 45.1 Å². The average Bonchev–Trinajstić information content (AvgIpc) is 3.19. The molecule has 2 rings (SSSR count). The van der Waals surface area contributed by atoms with E-state index in [0.29, 0.717) is 41.0 Å². The molecule has 27 heavy (non-hydrogen) atoms. The van der Waals surface area contributed by atoms with E-state index in [4.69, 9.17) is 26.4 Å². The van der Waals surface area contributed by atoms with E-state index in [1.165, 1.54) is 0 Å². The predicted octanol–water partition coefficient (Wildman–Crippen LogP) is 3.30. The van der Waals surface area contributed by atoms with E-state index >= 15 is 0 Å². The van der Waals surface area contributed by atoms with Crippen LogP contribution in [-0.4, -0.2) is 44.5 Å². The Bertz CT molecular complexity index is 648. The van der Waals surface area contributed by atoms with Gasteiger partial charge in [-0.1, -0.05) is 13.3 Å². The molecule has 1 saturated heterocycles. The van der Waals surface area contributed by atoms with Gasteiger partial charge in [0.25, 0.3) is 0 Å². The highest BCUT2D eigenvalue weighted by atomic mass is 32.1. The van der Waals surface area contributed by atoms with E-state index in [1.807, 2.05) is 6.92 Å². The molecule has 0 bridgehead atoms. The zero-order chi connectivity index (χ0) is 19.6. The number of unbranched alkanes of at least 4 members (excludes halogenated alkanes) is 1. The lowest BCUT2D eigenvalue weighted by Gasteiger charge is -2.18. The SMILES string of the molecule is CCCCC(=O)Nc1cc(OC)c(NC(=S)NCC2CCCO2)cc1OC. The number of amides is 1. The minimum Gasteiger partial charge on any atom is -0.494 e. The number of thiocarbonyl (C=S) groups is 1. The average molecular weight is 396 g/mol. The van der Waals surface area contributed by atoms with Crippen molar-refractivity contribution in [2.75, 3.05) is 38.0 Å². The first kappa shape index (κ1) is 21.2. The molecule has 1 aromatic rings. The summed E-state index contributed by atoms with van der Waals surface area (Å²) in [4.78, 5) is 12.0. The molecule has 0 spiro atoms. The highest BCUT2D eigenvalue weighted by Crippen LogP contribution is 2.36. The van der Waals surface area contributed by atoms with Crippen LogP contribution in [0.25, 0.3) is 0 Å². The van der Waals surface area contributed by atoms with Crippen LogP contribution < -0.4 is 25.4 Å². The predicted molar refractivity (Wildman–Crippen MR) is 111 cm³/mol. The number of hydrogen-bond donors (Lipinski definition) is 3. The molecule has 1 aromatic carbocycles. The van der Waals surface area contributed by atoms with Crippen molar-refractivity contribution >= 4 is 34.6 Å². The number of hydrogen-bond acceptors (Lipinski definition) is 5. The molecule has 1 unspecified atom stereocenters. The fourth-order valence-electron chi connectivity index (χ4n) is 2.82. The molecule has 0 aromatic heterocycles. The largest absolute Gasteiger partial charge is 0.494 e. The first-order valence-electron chi connectivity index (χ1n) is 9.29. The van der Waals surface area contributed by atoms with Crippen molar-refractivity contribution in [3.8, 4) is 11.5 Å². The summed E-state index contributed by atoms with van der Waals surface area (Å²) in [7, 11) is 3.12. The van der Waals surface area contributed by atoms with Crippen LogP contribution in [0.2, 0.25) is 0 Å². The van der Waals surface area contributed by atoms with Crippen LogP contribution in [0.15, 0.2) is 12.1 Å². The molecule has 0 radical (unpaired) electrons. The van der Waals surface area contributed by atoms with Gasteiger partial charge in [0.05, 0.1) is 31.7 Å². The van der Waals surface area contributed by atoms with Crippen molar-refractivity contribution < 1.29 is 19.0 Å². The van der Waals surface area contributed by atoms with E-state index < -0.39 is 0 Å². The standard InChI is InChI=1S/C19H29N3O4S/c1-4-5-8-18(23)21-14-10-17(25-3)15(11-16(14)24-2)22-19(27)20-12-13-7-6-9-26-13/h10-11,13H,4-9,12H2,1-3H3,(H,21,23)(H2,20,22,27). The van der Waals surface area contributed by atoms with Crippen molar-refractivity contribution in [1.29, 1.82) is 0 Å². The van der Waals surface area contributed by atoms with Gasteiger partial charge in [0.2, 0.25) is 5.91 Å². The quantitative estimate of drug-likeness (QED) is 0.554. The van der Waals surface area contributed by atoms with E-state index in [0.717, 1.165) is 32.3 Å². The van der Waals surface area contributed by atoms with Crippen molar-refractivity contribution in [3.63, 3.8) is 0 Å². The third kappa shape index (κ3) is 6.55. The molecule has 1 atom stereocenters. The molecule has 8 heteroatoms. The molecule has 1 aliphatic heterocycles. The Hall–Kier alpha value is -2.06. The summed E-state index contributed by atoms with van der Waals surface area (Å²) in [6, 6.07) is 3.49. The minimum atomic E-state index is -0.0494. The highest BCUT2D eigenvalue weighted by Gasteiger charge is 2.17. The van der Waals surface area contributed by atoms with E-state index in [2.05, 4.69) is 16.0 Å². The Morgan fingerprint density at radius 3 is 2.44 bits per heavy atom. The Balaban J connectivity index is 2.04. The van der Waals surface area contributed by atoms with Crippen molar-refractivity contribution in [2.24, 2.45) is 0 Å². The molecule has 1 aliphatic rings. The Morgan fingerprint density at radius 2 is 1.89 bits per heavy atom. The second-order valence-electron chi connectivity index (χ2n) is 6.37. The zero-order valence-corrected chi connectivity index (χ0v) is 17.0. The van der Waals surface area contributed by atoms with Gasteiger partial charge in [-0.3, -0.25) is 4.79 Å². The smallest absolute Gasteiger partial charge is 0.224 e. The maximum atomic E-state index is 12.0. The second kappa shape index (κ2) is 10.9. The molecule has 0 saturated carbocycles. The molecule has 150 valence electrons. The summed E-state index contributed by atoms with van der Waals surface area (Å²) in [5.74, 6) is 1.04. The summed E-state index contributed by atoms with van der Waals surface area (Å²) in [5, 5.41) is 9.64. The number of carbonyl (C=O) groups is 1. The third-order valence-electron chi connectivity index (χ3n) is 4.32. The summed E-state index contributed by atoms with van der Waals surface area (Å²) in [6.45, 7) is 3.52. The van der Waals surface area contributed by atoms with Crippen molar-refractivity contribution in [1.82, 2.24) is 5.32 Å². The van der Waals surface area contributed by atoms with Crippen LogP contribution >= 0.6 is 12.2 Å². The van der Waals surface area contributed by atoms with Crippen molar-refractivity contribution in [3.05, 3.63) is 12.1 Å². The summed E-state index contributed by atoms with van der Waals surface area (Å²) in [5.41, 5.74) is 1.23. The number of benzene rings is 1. The number of carbonyl (C=O) groups excluding carboxylic acids is 1. The number of rotatable bonds is 9. The van der Waals surface area contributed by atoms with Crippen LogP contribution in [-0.2, 0) is 9.53 Å². The lowest BCUT2D eigenvalue weighted by atomic mass is 10.2. The molecular formula is C19H29N3O4S. The molecule has 1 heterocycles. The monoisotopic (exact) mass is 395 g/mol. The van der Waals surface area contributed by atoms with Gasteiger partial charge in [0.15, 0.2) is 5.11 Å². The third-order valence-corrected chi connectivity index (χ3v) is 4.56. The second-order valence-corrected chi connectivity index (χ2v) is 6.78. The lowest BCUT2D eigenvalue weighted by Crippen LogP contribution is -2.34. The first-order valence-corrected chi connectivity index (χ1v) is 9.70. The fourth-order valence-corrected chi connectivity index (χ4v) is 3.01. The Labute approximate surface area is 166 Å². The van der Waals surface area contributed by atoms with Crippen LogP contribution in [0, 0.1) is 0 Å². The Morgan fingerprint density at radius 1 is 1.22 bits per heavy atom. The maximum Gasteiger partial charge on any atom is 0.224 e. The fraction of sp³-hybridized carbons (Fsp3) is 0.579. The lowest BCUT2D eigenvalue weighted by molar-refractivity contribution is -0.116. The topological polar surface area (TPSA) is 80.9 Å². The van der Waals surface area contributed by atoms with Crippen LogP contribution in [0.5, 0.6) is 11.5 Å². The molecule has 3 N–H and O–H groups in total. The van der Waals surface area contributed by atoms with Crippen LogP contribution in [0.3, 0.4) is 0 Å². The van der Waals surface area contributed by atoms with Gasteiger partial charge < -0.3 is 30.2 Å². The van der Waals surface area contributed by atoms with E-state index in [9.17, 15) is 4.79 Å². The molecule has 1 fully saturated rings. The molecular weight excluding hydrogens is 366 g/mol. The number of methoxy groups -OCH3 is 2. The van der Waals surface area contributed by atoms with Gasteiger partial charge in [0, 0.05) is 31.7 Å². The zero-order valence-electron chi connectivity index (χ0n) is 16.2. The van der Waals surface area contributed by atoms with Gasteiger partial charge >= 0.3 is 0 Å². The first-order chi connectivity index (χ1) is 13.1. The van der Waals surface area contributed by atoms with Gasteiger partial charge in [-0.15, -0.1) is 0 Å². The number of anilines is 2.